The summed E-state index contributed by atoms with van der Waals surface area (Å²) < 4.78 is 5.09. The topological polar surface area (TPSA) is 96.9 Å². The summed E-state index contributed by atoms with van der Waals surface area (Å²) in [6.07, 6.45) is 7.87. The van der Waals surface area contributed by atoms with Crippen molar-refractivity contribution < 1.29 is 9.53 Å². The Morgan fingerprint density at radius 1 is 1.19 bits per heavy atom. The van der Waals surface area contributed by atoms with Crippen LogP contribution in [0.5, 0.6) is 5.88 Å². The van der Waals surface area contributed by atoms with E-state index in [1.54, 1.807) is 0 Å². The average molecular weight is 354 g/mol. The van der Waals surface area contributed by atoms with Gasteiger partial charge in [-0.05, 0) is 37.5 Å². The minimum atomic E-state index is -0.0912. The van der Waals surface area contributed by atoms with Crippen molar-refractivity contribution in [3.05, 3.63) is 29.7 Å². The molecule has 2 aromatic rings. The number of likely N-dealkylation sites (tertiary alicyclic amines) is 1. The number of amides is 1. The van der Waals surface area contributed by atoms with Crippen molar-refractivity contribution in [2.75, 3.05) is 20.2 Å². The van der Waals surface area contributed by atoms with Crippen molar-refractivity contribution in [1.82, 2.24) is 30.0 Å². The Morgan fingerprint density at radius 2 is 2.04 bits per heavy atom. The standard InChI is InChI=1S/C18H22N6O2/c1-26-15-7-19-6-14(20-15)18(25)24-8-12(10-2-3-10)13(9-24)17-21-16(22-23-17)11-4-5-11/h6-7,10-13H,2-5,8-9H2,1H3,(H,21,22,23)/t12-,13+/m1/s1. The lowest BCUT2D eigenvalue weighted by atomic mass is 9.91. The quantitative estimate of drug-likeness (QED) is 0.878. The monoisotopic (exact) mass is 354 g/mol. The highest BCUT2D eigenvalue weighted by Gasteiger charge is 2.46. The number of H-pyrrole nitrogens is 1. The highest BCUT2D eigenvalue weighted by molar-refractivity contribution is 5.92. The smallest absolute Gasteiger partial charge is 0.274 e. The number of nitrogens with zero attached hydrogens (tertiary/aromatic N) is 5. The van der Waals surface area contributed by atoms with Crippen LogP contribution in [-0.4, -0.2) is 56.2 Å². The van der Waals surface area contributed by atoms with Gasteiger partial charge in [0.2, 0.25) is 5.88 Å². The van der Waals surface area contributed by atoms with E-state index in [4.69, 9.17) is 9.72 Å². The molecule has 8 heteroatoms. The molecule has 0 unspecified atom stereocenters. The van der Waals surface area contributed by atoms with E-state index in [-0.39, 0.29) is 11.8 Å². The lowest BCUT2D eigenvalue weighted by molar-refractivity contribution is 0.0777. The molecule has 1 amide bonds. The summed E-state index contributed by atoms with van der Waals surface area (Å²) in [5.41, 5.74) is 0.329. The third-order valence-electron chi connectivity index (χ3n) is 5.73. The van der Waals surface area contributed by atoms with Crippen molar-refractivity contribution in [3.63, 3.8) is 0 Å². The summed E-state index contributed by atoms with van der Waals surface area (Å²) in [7, 11) is 1.52. The minimum Gasteiger partial charge on any atom is -0.480 e. The van der Waals surface area contributed by atoms with Crippen molar-refractivity contribution in [2.24, 2.45) is 11.8 Å². The van der Waals surface area contributed by atoms with Crippen LogP contribution in [0.15, 0.2) is 12.4 Å². The molecule has 1 saturated heterocycles. The molecule has 1 aliphatic heterocycles. The molecule has 136 valence electrons. The number of nitrogens with one attached hydrogen (secondary N) is 1. The van der Waals surface area contributed by atoms with Gasteiger partial charge < -0.3 is 9.64 Å². The molecule has 0 aromatic carbocycles. The average Bonchev–Trinajstić information content (AvgIpc) is 3.61. The van der Waals surface area contributed by atoms with Crippen LogP contribution >= 0.6 is 0 Å². The minimum absolute atomic E-state index is 0.0912. The molecular weight excluding hydrogens is 332 g/mol. The number of rotatable bonds is 5. The van der Waals surface area contributed by atoms with Gasteiger partial charge >= 0.3 is 0 Å². The van der Waals surface area contributed by atoms with E-state index in [1.165, 1.54) is 45.2 Å². The second-order valence-electron chi connectivity index (χ2n) is 7.62. The molecule has 5 rings (SSSR count). The van der Waals surface area contributed by atoms with Crippen molar-refractivity contribution >= 4 is 5.91 Å². The number of carbonyl (C=O) groups excluding carboxylic acids is 1. The molecule has 26 heavy (non-hydrogen) atoms. The third-order valence-corrected chi connectivity index (χ3v) is 5.73. The Bertz CT molecular complexity index is 829. The first-order chi connectivity index (χ1) is 12.7. The predicted molar refractivity (Wildman–Crippen MR) is 91.8 cm³/mol. The molecule has 3 heterocycles. The SMILES string of the molecule is COc1cncc(C(=O)N2C[C@H](c3nc(C4CC4)n[nH]3)[C@@H](C3CC3)C2)n1. The molecule has 2 aromatic heterocycles. The maximum Gasteiger partial charge on any atom is 0.274 e. The van der Waals surface area contributed by atoms with Crippen molar-refractivity contribution in [1.29, 1.82) is 0 Å². The summed E-state index contributed by atoms with van der Waals surface area (Å²) in [6, 6.07) is 0. The van der Waals surface area contributed by atoms with Gasteiger partial charge in [-0.1, -0.05) is 0 Å². The zero-order chi connectivity index (χ0) is 17.7. The van der Waals surface area contributed by atoms with E-state index >= 15 is 0 Å². The van der Waals surface area contributed by atoms with Crippen LogP contribution in [0.2, 0.25) is 0 Å². The summed E-state index contributed by atoms with van der Waals surface area (Å²) in [6.45, 7) is 1.39. The summed E-state index contributed by atoms with van der Waals surface area (Å²) in [5, 5.41) is 7.56. The van der Waals surface area contributed by atoms with Crippen LogP contribution in [-0.2, 0) is 0 Å². The first kappa shape index (κ1) is 15.7. The highest BCUT2D eigenvalue weighted by Crippen LogP contribution is 2.47. The summed E-state index contributed by atoms with van der Waals surface area (Å²) >= 11 is 0. The molecule has 1 N–H and O–H groups in total. The molecule has 8 nitrogen and oxygen atoms in total. The zero-order valence-corrected chi connectivity index (χ0v) is 14.8. The molecular formula is C18H22N6O2. The maximum absolute atomic E-state index is 12.9. The molecule has 2 saturated carbocycles. The van der Waals surface area contributed by atoms with Gasteiger partial charge in [-0.2, -0.15) is 5.10 Å². The molecule has 3 aliphatic rings. The Kier molecular flexibility index (Phi) is 3.65. The third kappa shape index (κ3) is 2.83. The van der Waals surface area contributed by atoms with Gasteiger partial charge in [0, 0.05) is 24.9 Å². The normalized spacial score (nSPS) is 25.5. The van der Waals surface area contributed by atoms with Crippen LogP contribution in [0.3, 0.4) is 0 Å². The second-order valence-corrected chi connectivity index (χ2v) is 7.62. The maximum atomic E-state index is 12.9. The molecule has 0 spiro atoms. The second kappa shape index (κ2) is 6.03. The zero-order valence-electron chi connectivity index (χ0n) is 14.8. The fraction of sp³-hybridized carbons (Fsp3) is 0.611. The highest BCUT2D eigenvalue weighted by atomic mass is 16.5. The van der Waals surface area contributed by atoms with Crippen molar-refractivity contribution in [3.8, 4) is 5.88 Å². The molecule has 0 bridgehead atoms. The van der Waals surface area contributed by atoms with E-state index in [0.717, 1.165) is 18.2 Å². The fourth-order valence-electron chi connectivity index (χ4n) is 3.98. The van der Waals surface area contributed by atoms with Crippen LogP contribution in [0.1, 0.15) is 59.7 Å². The van der Waals surface area contributed by atoms with E-state index in [2.05, 4.69) is 20.2 Å². The van der Waals surface area contributed by atoms with E-state index in [1.807, 2.05) is 4.90 Å². The Balaban J connectivity index is 1.37. The molecule has 3 fully saturated rings. The van der Waals surface area contributed by atoms with E-state index in [0.29, 0.717) is 35.9 Å². The van der Waals surface area contributed by atoms with Gasteiger partial charge in [0.1, 0.15) is 5.82 Å². The summed E-state index contributed by atoms with van der Waals surface area (Å²) in [5.74, 6) is 4.03. The van der Waals surface area contributed by atoms with Gasteiger partial charge in [-0.25, -0.2) is 9.97 Å². The first-order valence-electron chi connectivity index (χ1n) is 9.30. The van der Waals surface area contributed by atoms with Crippen LogP contribution in [0, 0.1) is 11.8 Å². The van der Waals surface area contributed by atoms with Crippen LogP contribution in [0.25, 0.3) is 0 Å². The molecule has 0 radical (unpaired) electrons. The number of ether oxygens (including phenoxy) is 1. The number of hydrogen-bond donors (Lipinski definition) is 1. The Labute approximate surface area is 151 Å². The largest absolute Gasteiger partial charge is 0.480 e. The number of aromatic amines is 1. The lowest BCUT2D eigenvalue weighted by Gasteiger charge is -2.15. The fourth-order valence-corrected chi connectivity index (χ4v) is 3.98. The predicted octanol–water partition coefficient (Wildman–Crippen LogP) is 1.75. The van der Waals surface area contributed by atoms with Crippen molar-refractivity contribution in [2.45, 2.75) is 37.5 Å². The van der Waals surface area contributed by atoms with Gasteiger partial charge in [0.05, 0.1) is 19.5 Å². The summed E-state index contributed by atoms with van der Waals surface area (Å²) in [4.78, 5) is 27.9. The number of aromatic nitrogens is 5. The van der Waals surface area contributed by atoms with Crippen LogP contribution < -0.4 is 4.74 Å². The van der Waals surface area contributed by atoms with Gasteiger partial charge in [-0.3, -0.25) is 14.9 Å². The first-order valence-corrected chi connectivity index (χ1v) is 9.30. The van der Waals surface area contributed by atoms with Gasteiger partial charge in [0.15, 0.2) is 11.5 Å². The Morgan fingerprint density at radius 3 is 2.77 bits per heavy atom. The lowest BCUT2D eigenvalue weighted by Crippen LogP contribution is -2.30. The van der Waals surface area contributed by atoms with E-state index in [9.17, 15) is 4.79 Å². The van der Waals surface area contributed by atoms with Crippen LogP contribution in [0.4, 0.5) is 0 Å². The van der Waals surface area contributed by atoms with Gasteiger partial charge in [-0.15, -0.1) is 0 Å². The number of methoxy groups -OCH3 is 1. The number of hydrogen-bond acceptors (Lipinski definition) is 6. The number of carbonyl (C=O) groups is 1. The molecule has 2 aliphatic carbocycles. The van der Waals surface area contributed by atoms with E-state index < -0.39 is 0 Å². The molecule has 2 atom stereocenters. The Hall–Kier alpha value is -2.51. The van der Waals surface area contributed by atoms with Gasteiger partial charge in [0.25, 0.3) is 5.91 Å².